The maximum absolute atomic E-state index is 12.4. The molecule has 23 heavy (non-hydrogen) atoms. The van der Waals surface area contributed by atoms with Crippen LogP contribution in [0.4, 0.5) is 11.4 Å². The van der Waals surface area contributed by atoms with E-state index >= 15 is 0 Å². The standard InChI is InChI=1S/C15H16N2O5S/c1-3-22-13-6-8-14(9-7-13)23(20,21)16-15-10-12(17(18)19)5-4-11(15)2/h4-10,16H,3H2,1-2H3. The summed E-state index contributed by atoms with van der Waals surface area (Å²) >= 11 is 0. The van der Waals surface area contributed by atoms with Gasteiger partial charge in [-0.25, -0.2) is 8.42 Å². The van der Waals surface area contributed by atoms with E-state index in [4.69, 9.17) is 4.74 Å². The van der Waals surface area contributed by atoms with Crippen LogP contribution < -0.4 is 9.46 Å². The summed E-state index contributed by atoms with van der Waals surface area (Å²) in [6.07, 6.45) is 0. The molecule has 1 N–H and O–H groups in total. The maximum atomic E-state index is 12.4. The Balaban J connectivity index is 2.30. The van der Waals surface area contributed by atoms with Gasteiger partial charge in [-0.15, -0.1) is 0 Å². The van der Waals surface area contributed by atoms with Crippen molar-refractivity contribution in [2.24, 2.45) is 0 Å². The number of rotatable bonds is 6. The molecule has 2 rings (SSSR count). The number of non-ortho nitro benzene ring substituents is 1. The summed E-state index contributed by atoms with van der Waals surface area (Å²) in [7, 11) is -3.84. The molecule has 0 aliphatic carbocycles. The van der Waals surface area contributed by atoms with Crippen molar-refractivity contribution in [1.29, 1.82) is 0 Å². The highest BCUT2D eigenvalue weighted by Gasteiger charge is 2.17. The zero-order valence-electron chi connectivity index (χ0n) is 12.6. The number of nitro benzene ring substituents is 1. The highest BCUT2D eigenvalue weighted by molar-refractivity contribution is 7.92. The lowest BCUT2D eigenvalue weighted by atomic mass is 10.2. The quantitative estimate of drug-likeness (QED) is 0.645. The predicted octanol–water partition coefficient (Wildman–Crippen LogP) is 3.10. The van der Waals surface area contributed by atoms with E-state index in [9.17, 15) is 18.5 Å². The Kier molecular flexibility index (Phi) is 4.85. The lowest BCUT2D eigenvalue weighted by molar-refractivity contribution is -0.384. The van der Waals surface area contributed by atoms with Gasteiger partial charge in [-0.2, -0.15) is 0 Å². The van der Waals surface area contributed by atoms with Gasteiger partial charge in [0.1, 0.15) is 5.75 Å². The molecule has 0 aliphatic heterocycles. The zero-order valence-corrected chi connectivity index (χ0v) is 13.5. The third kappa shape index (κ3) is 3.98. The largest absolute Gasteiger partial charge is 0.494 e. The van der Waals surface area contributed by atoms with Gasteiger partial charge in [-0.3, -0.25) is 14.8 Å². The third-order valence-corrected chi connectivity index (χ3v) is 4.50. The number of nitrogens with zero attached hydrogens (tertiary/aromatic N) is 1. The van der Waals surface area contributed by atoms with Crippen LogP contribution in [0.15, 0.2) is 47.4 Å². The molecule has 0 radical (unpaired) electrons. The van der Waals surface area contributed by atoms with E-state index in [1.54, 1.807) is 19.1 Å². The molecule has 0 spiro atoms. The lowest BCUT2D eigenvalue weighted by Crippen LogP contribution is -2.14. The van der Waals surface area contributed by atoms with E-state index in [0.717, 1.165) is 0 Å². The molecule has 0 saturated carbocycles. The van der Waals surface area contributed by atoms with Crippen molar-refractivity contribution in [1.82, 2.24) is 0 Å². The highest BCUT2D eigenvalue weighted by Crippen LogP contribution is 2.25. The maximum Gasteiger partial charge on any atom is 0.271 e. The minimum Gasteiger partial charge on any atom is -0.494 e. The molecule has 0 heterocycles. The van der Waals surface area contributed by atoms with Crippen molar-refractivity contribution >= 4 is 21.4 Å². The highest BCUT2D eigenvalue weighted by atomic mass is 32.2. The molecule has 0 unspecified atom stereocenters. The van der Waals surface area contributed by atoms with Gasteiger partial charge in [0.25, 0.3) is 15.7 Å². The molecule has 0 fully saturated rings. The molecule has 2 aromatic carbocycles. The molecule has 7 nitrogen and oxygen atoms in total. The van der Waals surface area contributed by atoms with Crippen LogP contribution in [0.1, 0.15) is 12.5 Å². The van der Waals surface area contributed by atoms with Crippen LogP contribution in [-0.4, -0.2) is 19.9 Å². The van der Waals surface area contributed by atoms with Gasteiger partial charge in [0.05, 0.1) is 22.1 Å². The van der Waals surface area contributed by atoms with E-state index < -0.39 is 14.9 Å². The molecular formula is C15H16N2O5S. The first kappa shape index (κ1) is 16.8. The van der Waals surface area contributed by atoms with Crippen molar-refractivity contribution in [3.05, 3.63) is 58.1 Å². The number of hydrogen-bond donors (Lipinski definition) is 1. The zero-order chi connectivity index (χ0) is 17.0. The summed E-state index contributed by atoms with van der Waals surface area (Å²) in [5.41, 5.74) is 0.582. The van der Waals surface area contributed by atoms with Gasteiger partial charge in [0, 0.05) is 12.1 Å². The average molecular weight is 336 g/mol. The lowest BCUT2D eigenvalue weighted by Gasteiger charge is -2.11. The van der Waals surface area contributed by atoms with E-state index in [1.807, 2.05) is 6.92 Å². The number of aryl methyl sites for hydroxylation is 1. The van der Waals surface area contributed by atoms with Gasteiger partial charge in [-0.1, -0.05) is 6.07 Å². The summed E-state index contributed by atoms with van der Waals surface area (Å²) in [4.78, 5) is 10.3. The van der Waals surface area contributed by atoms with Crippen LogP contribution in [-0.2, 0) is 10.0 Å². The Morgan fingerprint density at radius 2 is 1.83 bits per heavy atom. The van der Waals surface area contributed by atoms with Crippen molar-refractivity contribution < 1.29 is 18.1 Å². The summed E-state index contributed by atoms with van der Waals surface area (Å²) in [5, 5.41) is 10.8. The minimum absolute atomic E-state index is 0.0480. The Hall–Kier alpha value is -2.61. The fraction of sp³-hybridized carbons (Fsp3) is 0.200. The minimum atomic E-state index is -3.84. The van der Waals surface area contributed by atoms with Gasteiger partial charge in [-0.05, 0) is 43.7 Å². The first-order valence-corrected chi connectivity index (χ1v) is 8.32. The smallest absolute Gasteiger partial charge is 0.271 e. The third-order valence-electron chi connectivity index (χ3n) is 3.12. The molecule has 0 aromatic heterocycles. The Morgan fingerprint density at radius 3 is 2.39 bits per heavy atom. The monoisotopic (exact) mass is 336 g/mol. The van der Waals surface area contributed by atoms with Crippen molar-refractivity contribution in [3.63, 3.8) is 0 Å². The van der Waals surface area contributed by atoms with Gasteiger partial charge in [0.15, 0.2) is 0 Å². The number of ether oxygens (including phenoxy) is 1. The normalized spacial score (nSPS) is 11.0. The van der Waals surface area contributed by atoms with Crippen LogP contribution in [0.2, 0.25) is 0 Å². The predicted molar refractivity (Wildman–Crippen MR) is 86.3 cm³/mol. The van der Waals surface area contributed by atoms with E-state index in [1.165, 1.54) is 30.3 Å². The second kappa shape index (κ2) is 6.66. The molecule has 0 bridgehead atoms. The van der Waals surface area contributed by atoms with Crippen molar-refractivity contribution in [3.8, 4) is 5.75 Å². The number of sulfonamides is 1. The summed E-state index contributed by atoms with van der Waals surface area (Å²) in [6, 6.07) is 9.95. The van der Waals surface area contributed by atoms with Crippen LogP contribution in [0, 0.1) is 17.0 Å². The van der Waals surface area contributed by atoms with Crippen LogP contribution in [0.25, 0.3) is 0 Å². The topological polar surface area (TPSA) is 98.5 Å². The van der Waals surface area contributed by atoms with E-state index in [0.29, 0.717) is 17.9 Å². The molecule has 0 saturated heterocycles. The van der Waals surface area contributed by atoms with Gasteiger partial charge >= 0.3 is 0 Å². The number of anilines is 1. The number of nitrogens with one attached hydrogen (secondary N) is 1. The van der Waals surface area contributed by atoms with Crippen molar-refractivity contribution in [2.75, 3.05) is 11.3 Å². The van der Waals surface area contributed by atoms with Gasteiger partial charge < -0.3 is 4.74 Å². The van der Waals surface area contributed by atoms with Gasteiger partial charge in [0.2, 0.25) is 0 Å². The molecular weight excluding hydrogens is 320 g/mol. The second-order valence-corrected chi connectivity index (χ2v) is 6.45. The molecule has 2 aromatic rings. The first-order chi connectivity index (χ1) is 10.8. The van der Waals surface area contributed by atoms with Crippen LogP contribution >= 0.6 is 0 Å². The molecule has 0 aliphatic rings. The van der Waals surface area contributed by atoms with Crippen molar-refractivity contribution in [2.45, 2.75) is 18.7 Å². The molecule has 8 heteroatoms. The molecule has 0 atom stereocenters. The van der Waals surface area contributed by atoms with E-state index in [-0.39, 0.29) is 16.3 Å². The summed E-state index contributed by atoms with van der Waals surface area (Å²) < 4.78 is 32.4. The number of hydrogen-bond acceptors (Lipinski definition) is 5. The first-order valence-electron chi connectivity index (χ1n) is 6.84. The Bertz CT molecular complexity index is 816. The average Bonchev–Trinajstić information content (AvgIpc) is 2.50. The fourth-order valence-electron chi connectivity index (χ4n) is 1.92. The number of benzene rings is 2. The molecule has 0 amide bonds. The Morgan fingerprint density at radius 1 is 1.17 bits per heavy atom. The Labute approximate surface area is 134 Å². The molecule has 122 valence electrons. The van der Waals surface area contributed by atoms with E-state index in [2.05, 4.69) is 4.72 Å². The summed E-state index contributed by atoms with van der Waals surface area (Å²) in [6.45, 7) is 3.98. The van der Waals surface area contributed by atoms with Crippen LogP contribution in [0.3, 0.4) is 0 Å². The summed E-state index contributed by atoms with van der Waals surface area (Å²) in [5.74, 6) is 0.568. The second-order valence-electron chi connectivity index (χ2n) is 4.77. The number of nitro groups is 1. The fourth-order valence-corrected chi connectivity index (χ4v) is 3.04. The van der Waals surface area contributed by atoms with Crippen LogP contribution in [0.5, 0.6) is 5.75 Å². The SMILES string of the molecule is CCOc1ccc(S(=O)(=O)Nc2cc([N+](=O)[O-])ccc2C)cc1.